The molecule has 4 rings (SSSR count). The van der Waals surface area contributed by atoms with Gasteiger partial charge in [0.2, 0.25) is 17.1 Å². The van der Waals surface area contributed by atoms with Crippen molar-refractivity contribution in [2.24, 2.45) is 0 Å². The van der Waals surface area contributed by atoms with E-state index < -0.39 is 30.3 Å². The van der Waals surface area contributed by atoms with Crippen LogP contribution in [0.2, 0.25) is 0 Å². The molecule has 0 bridgehead atoms. The fourth-order valence-electron chi connectivity index (χ4n) is 2.61. The maximum atomic E-state index is 12.5. The van der Waals surface area contributed by atoms with Crippen LogP contribution in [0.4, 0.5) is 8.78 Å². The van der Waals surface area contributed by atoms with E-state index in [1.807, 2.05) is 6.07 Å². The molecule has 0 amide bonds. The Morgan fingerprint density at radius 2 is 1.31 bits per heavy atom. The van der Waals surface area contributed by atoms with Gasteiger partial charge < -0.3 is 37.9 Å². The van der Waals surface area contributed by atoms with Crippen LogP contribution >= 0.6 is 0 Å². The molecule has 14 nitrogen and oxygen atoms in total. The third-order valence-corrected chi connectivity index (χ3v) is 4.82. The molecule has 0 aliphatic carbocycles. The van der Waals surface area contributed by atoms with Crippen LogP contribution in [0.15, 0.2) is 46.2 Å². The number of aldehydes is 1. The molecule has 0 spiro atoms. The summed E-state index contributed by atoms with van der Waals surface area (Å²) in [4.78, 5) is 75.2. The number of H-pyrrole nitrogens is 2. The average Bonchev–Trinajstić information content (AvgIpc) is 2.97. The zero-order valence-corrected chi connectivity index (χ0v) is 28.0. The summed E-state index contributed by atoms with van der Waals surface area (Å²) >= 11 is 0. The van der Waals surface area contributed by atoms with E-state index in [4.69, 9.17) is 5.11 Å². The van der Waals surface area contributed by atoms with Crippen molar-refractivity contribution < 1.29 is 77.1 Å². The van der Waals surface area contributed by atoms with Crippen LogP contribution in [0.3, 0.4) is 0 Å². The van der Waals surface area contributed by atoms with Gasteiger partial charge in [-0.1, -0.05) is 12.1 Å². The number of nitrogens with one attached hydrogen (secondary N) is 3. The van der Waals surface area contributed by atoms with Crippen LogP contribution in [-0.4, -0.2) is 104 Å². The molecule has 4 N–H and O–H groups in total. The van der Waals surface area contributed by atoms with Crippen molar-refractivity contribution in [2.75, 3.05) is 39.8 Å². The van der Waals surface area contributed by atoms with Gasteiger partial charge in [-0.05, 0) is 17.5 Å². The van der Waals surface area contributed by atoms with Crippen LogP contribution in [-0.2, 0) is 46.4 Å². The standard InChI is InChI=1S/C10H13FN2O.C7H7NO2.C4H6O4.C3H6FN.C2H3BO2.CH4O.Na/c11-9-6-13(7-9)4-3-8-1-2-10(14)12-5-8;9-4-3-6-1-2-7(10)8-5-6;1-3(5)7-8-4(2)6;4-3-1-5-2-3;1-2(4)5-3;1-2;/h1-2,5,9H,3-4,6-7H2,(H,12,14);1-2,4-5H,3H2,(H,8,10);1-2H3;3,5H,1-2H2;1H3;2H,1H3;/q;;;;-1;;+1. The first-order chi connectivity index (χ1) is 20.9. The van der Waals surface area contributed by atoms with Gasteiger partial charge in [-0.15, -0.1) is 0 Å². The Balaban J connectivity index is -0.000000507. The third-order valence-electron chi connectivity index (χ3n) is 4.82. The van der Waals surface area contributed by atoms with Gasteiger partial charge in [0, 0.05) is 91.6 Å². The maximum absolute atomic E-state index is 12.5. The number of alkyl halides is 2. The molecule has 2 aromatic rings. The summed E-state index contributed by atoms with van der Waals surface area (Å²) in [5.41, 5.74) is 1.69. The van der Waals surface area contributed by atoms with E-state index in [2.05, 4.69) is 42.7 Å². The third kappa shape index (κ3) is 29.3. The first-order valence-electron chi connectivity index (χ1n) is 13.0. The Morgan fingerprint density at radius 1 is 0.889 bits per heavy atom. The summed E-state index contributed by atoms with van der Waals surface area (Å²) in [6.07, 6.45) is 4.10. The number of hydrogen-bond acceptors (Lipinski definition) is 12. The van der Waals surface area contributed by atoms with E-state index in [-0.39, 0.29) is 40.7 Å². The largest absolute Gasteiger partial charge is 1.00 e. The number of aromatic amines is 2. The molecular weight excluding hydrogens is 612 g/mol. The summed E-state index contributed by atoms with van der Waals surface area (Å²) in [6.45, 7) is 6.64. The number of aliphatic hydroxyl groups excluding tert-OH is 1. The summed E-state index contributed by atoms with van der Waals surface area (Å²) < 4.78 is 27.5. The van der Waals surface area contributed by atoms with Crippen molar-refractivity contribution in [3.63, 3.8) is 0 Å². The predicted octanol–water partition coefficient (Wildman–Crippen LogP) is -3.11. The van der Waals surface area contributed by atoms with E-state index in [1.54, 1.807) is 12.3 Å². The minimum Gasteiger partial charge on any atom is -0.793 e. The van der Waals surface area contributed by atoms with Gasteiger partial charge in [-0.25, -0.2) is 28.1 Å². The fraction of sp³-hybridized carbons (Fsp3) is 0.481. The molecule has 0 aromatic carbocycles. The summed E-state index contributed by atoms with van der Waals surface area (Å²) in [7, 11) is 5.32. The fourth-order valence-corrected chi connectivity index (χ4v) is 2.61. The molecule has 245 valence electrons. The number of carbonyl (C=O) groups is 4. The zero-order chi connectivity index (χ0) is 33.9. The van der Waals surface area contributed by atoms with Crippen molar-refractivity contribution in [1.82, 2.24) is 20.2 Å². The molecular formula is C27H39BF2N4NaO10. The van der Waals surface area contributed by atoms with Gasteiger partial charge in [0.15, 0.2) is 0 Å². The Morgan fingerprint density at radius 3 is 1.58 bits per heavy atom. The second kappa shape index (κ2) is 29.5. The van der Waals surface area contributed by atoms with Crippen LogP contribution in [0.5, 0.6) is 0 Å². The number of carbonyl (C=O) groups excluding carboxylic acids is 4. The molecule has 2 aliphatic heterocycles. The number of aliphatic hydroxyl groups is 1. The van der Waals surface area contributed by atoms with Gasteiger partial charge >= 0.3 is 41.5 Å². The number of likely N-dealkylation sites (tertiary alicyclic amines) is 1. The second-order valence-corrected chi connectivity index (χ2v) is 8.61. The molecule has 2 saturated heterocycles. The van der Waals surface area contributed by atoms with Crippen LogP contribution in [0.25, 0.3) is 0 Å². The molecule has 0 unspecified atom stereocenters. The smallest absolute Gasteiger partial charge is 0.793 e. The number of aromatic nitrogens is 2. The Labute approximate surface area is 282 Å². The number of pyridine rings is 2. The number of halogens is 2. The molecule has 2 aromatic heterocycles. The topological polar surface area (TPSA) is 197 Å². The molecule has 2 aliphatic rings. The molecule has 0 atom stereocenters. The number of nitrogens with zero attached hydrogens (tertiary/aromatic N) is 1. The van der Waals surface area contributed by atoms with Crippen LogP contribution in [0, 0.1) is 0 Å². The number of rotatable bonds is 5. The molecule has 45 heavy (non-hydrogen) atoms. The zero-order valence-electron chi connectivity index (χ0n) is 26.0. The molecule has 2 fully saturated rings. The average molecular weight is 651 g/mol. The summed E-state index contributed by atoms with van der Waals surface area (Å²) in [6, 6.07) is 6.36. The van der Waals surface area contributed by atoms with Crippen LogP contribution < -0.4 is 46.0 Å². The Bertz CT molecular complexity index is 1160. The van der Waals surface area contributed by atoms with E-state index in [0.717, 1.165) is 51.3 Å². The van der Waals surface area contributed by atoms with Crippen LogP contribution in [0.1, 0.15) is 31.9 Å². The first-order valence-corrected chi connectivity index (χ1v) is 13.0. The monoisotopic (exact) mass is 651 g/mol. The van der Waals surface area contributed by atoms with Crippen molar-refractivity contribution in [1.29, 1.82) is 0 Å². The minimum absolute atomic E-state index is 0. The SMILES string of the molecule is CC(=O)OOC(C)=O.CO.FC1CNC1.O=CCc1ccc(=O)[nH]c1.O=c1ccc(CCN2CC(F)C2)c[nH]1.[B-]OC(C)=O.[Na+]. The molecule has 18 heteroatoms. The Kier molecular flexibility index (Phi) is 30.3. The summed E-state index contributed by atoms with van der Waals surface area (Å²) in [5, 5.41) is 9.79. The van der Waals surface area contributed by atoms with Gasteiger partial charge in [-0.3, -0.25) is 19.3 Å². The molecule has 3 radical (unpaired) electrons. The van der Waals surface area contributed by atoms with Crippen molar-refractivity contribution in [3.8, 4) is 0 Å². The van der Waals surface area contributed by atoms with E-state index in [0.29, 0.717) is 32.6 Å². The van der Waals surface area contributed by atoms with Gasteiger partial charge in [0.25, 0.3) is 0 Å². The number of hydrogen-bond donors (Lipinski definition) is 4. The van der Waals surface area contributed by atoms with Gasteiger partial charge in [0.1, 0.15) is 18.6 Å². The molecule has 0 saturated carbocycles. The Hall–Kier alpha value is -3.22. The van der Waals surface area contributed by atoms with E-state index in [9.17, 15) is 37.5 Å². The predicted molar refractivity (Wildman–Crippen MR) is 156 cm³/mol. The minimum atomic E-state index is -0.639. The van der Waals surface area contributed by atoms with E-state index >= 15 is 0 Å². The van der Waals surface area contributed by atoms with Crippen molar-refractivity contribution in [3.05, 3.63) is 68.5 Å². The second-order valence-electron chi connectivity index (χ2n) is 8.61. The van der Waals surface area contributed by atoms with E-state index in [1.165, 1.54) is 25.3 Å². The normalized spacial score (nSPS) is 12.8. The maximum Gasteiger partial charge on any atom is 1.00 e. The van der Waals surface area contributed by atoms with Gasteiger partial charge in [0.05, 0.1) is 0 Å². The quantitative estimate of drug-likeness (QED) is 0.110. The summed E-state index contributed by atoms with van der Waals surface area (Å²) in [5.74, 6) is -1.74. The molecule has 4 heterocycles. The van der Waals surface area contributed by atoms with Crippen molar-refractivity contribution in [2.45, 2.75) is 46.0 Å². The van der Waals surface area contributed by atoms with Gasteiger partial charge in [-0.2, -0.15) is 0 Å². The first kappa shape index (κ1) is 46.2. The van der Waals surface area contributed by atoms with Crippen molar-refractivity contribution >= 4 is 32.2 Å².